The first-order valence-corrected chi connectivity index (χ1v) is 4.76. The molecule has 1 rings (SSSR count). The van der Waals surface area contributed by atoms with Gasteiger partial charge in [0.15, 0.2) is 0 Å². The molecule has 0 aromatic carbocycles. The summed E-state index contributed by atoms with van der Waals surface area (Å²) in [6, 6.07) is 0. The van der Waals surface area contributed by atoms with Gasteiger partial charge in [-0.1, -0.05) is 5.21 Å². The zero-order valence-corrected chi connectivity index (χ0v) is 9.41. The maximum Gasteiger partial charge on any atom is 0.511 e. The number of ether oxygens (including phenoxy) is 1. The van der Waals surface area contributed by atoms with Crippen LogP contribution in [0.25, 0.3) is 0 Å². The van der Waals surface area contributed by atoms with Gasteiger partial charge in [-0.2, -0.15) is 0 Å². The van der Waals surface area contributed by atoms with Crippen molar-refractivity contribution in [1.29, 1.82) is 0 Å². The quantitative estimate of drug-likeness (QED) is 0.471. The fourth-order valence-corrected chi connectivity index (χ4v) is 1.02. The average Bonchev–Trinajstić information content (AvgIpc) is 2.48. The third kappa shape index (κ3) is 3.99. The number of carbonyl (C=O) groups is 1. The van der Waals surface area contributed by atoms with Crippen LogP contribution in [0.2, 0.25) is 0 Å². The van der Waals surface area contributed by atoms with Crippen LogP contribution in [0.3, 0.4) is 0 Å². The Balaban J connectivity index is 2.57. The van der Waals surface area contributed by atoms with Crippen LogP contribution in [0.15, 0.2) is 6.20 Å². The summed E-state index contributed by atoms with van der Waals surface area (Å²) in [5.41, 5.74) is -0.569. The van der Waals surface area contributed by atoms with Crippen LogP contribution in [0.4, 0.5) is 0 Å². The maximum absolute atomic E-state index is 11.4. The zero-order valence-electron chi connectivity index (χ0n) is 9.41. The van der Waals surface area contributed by atoms with Crippen LogP contribution in [0.5, 0.6) is 0 Å². The van der Waals surface area contributed by atoms with Crippen LogP contribution in [-0.4, -0.2) is 43.7 Å². The molecule has 0 amide bonds. The molecular weight excluding hydrogens is 213 g/mol. The van der Waals surface area contributed by atoms with Crippen molar-refractivity contribution in [2.24, 2.45) is 0 Å². The van der Waals surface area contributed by atoms with Gasteiger partial charge in [0.05, 0.1) is 0 Å². The number of rotatable bonds is 3. The van der Waals surface area contributed by atoms with Gasteiger partial charge in [-0.05, 0) is 20.8 Å². The Morgan fingerprint density at radius 2 is 2.19 bits per heavy atom. The number of aromatic nitrogens is 3. The lowest BCUT2D eigenvalue weighted by Crippen LogP contribution is -2.31. The van der Waals surface area contributed by atoms with Gasteiger partial charge in [0.2, 0.25) is 0 Å². The Kier molecular flexibility index (Phi) is 3.66. The van der Waals surface area contributed by atoms with Crippen LogP contribution in [0, 0.1) is 0 Å². The van der Waals surface area contributed by atoms with Crippen molar-refractivity contribution in [3.8, 4) is 0 Å². The summed E-state index contributed by atoms with van der Waals surface area (Å²) in [6.07, 6.45) is 1.27. The molecule has 0 aliphatic heterocycles. The van der Waals surface area contributed by atoms with Crippen molar-refractivity contribution in [2.75, 3.05) is 0 Å². The zero-order chi connectivity index (χ0) is 12.3. The number of hydrogen-bond acceptors (Lipinski definition) is 6. The molecule has 16 heavy (non-hydrogen) atoms. The first kappa shape index (κ1) is 12.7. The van der Waals surface area contributed by atoms with E-state index in [0.29, 0.717) is 0 Å². The molecule has 0 fully saturated rings. The van der Waals surface area contributed by atoms with E-state index < -0.39 is 18.7 Å². The molecule has 1 aromatic heterocycles. The molecule has 2 N–H and O–H groups in total. The Bertz CT molecular complexity index is 372. The largest absolute Gasteiger partial charge is 0.511 e. The van der Waals surface area contributed by atoms with Crippen LogP contribution in [-0.2, 0) is 16.1 Å². The summed E-state index contributed by atoms with van der Waals surface area (Å²) in [7, 11) is -1.69. The number of esters is 1. The lowest BCUT2D eigenvalue weighted by molar-refractivity contribution is -0.155. The minimum atomic E-state index is -1.69. The van der Waals surface area contributed by atoms with E-state index in [2.05, 4.69) is 10.3 Å². The second kappa shape index (κ2) is 4.62. The molecule has 8 heteroatoms. The Morgan fingerprint density at radius 3 is 2.62 bits per heavy atom. The van der Waals surface area contributed by atoms with Crippen LogP contribution >= 0.6 is 0 Å². The molecule has 7 nitrogen and oxygen atoms in total. The van der Waals surface area contributed by atoms with Crippen molar-refractivity contribution in [2.45, 2.75) is 32.9 Å². The predicted octanol–water partition coefficient (Wildman–Crippen LogP) is -1.70. The van der Waals surface area contributed by atoms with E-state index in [4.69, 9.17) is 14.8 Å². The van der Waals surface area contributed by atoms with Crippen LogP contribution in [0.1, 0.15) is 20.8 Å². The van der Waals surface area contributed by atoms with Crippen molar-refractivity contribution < 1.29 is 19.6 Å². The summed E-state index contributed by atoms with van der Waals surface area (Å²) in [5.74, 6) is -0.462. The van der Waals surface area contributed by atoms with E-state index in [-0.39, 0.29) is 12.1 Å². The van der Waals surface area contributed by atoms with Crippen molar-refractivity contribution in [3.05, 3.63) is 6.20 Å². The van der Waals surface area contributed by atoms with E-state index in [1.807, 2.05) is 0 Å². The van der Waals surface area contributed by atoms with Gasteiger partial charge in [-0.3, -0.25) is 4.79 Å². The van der Waals surface area contributed by atoms with Crippen molar-refractivity contribution in [3.63, 3.8) is 0 Å². The highest BCUT2D eigenvalue weighted by Crippen LogP contribution is 2.07. The average molecular weight is 227 g/mol. The van der Waals surface area contributed by atoms with Crippen molar-refractivity contribution in [1.82, 2.24) is 15.0 Å². The molecule has 1 aromatic rings. The highest BCUT2D eigenvalue weighted by atomic mass is 16.6. The number of nitrogens with zero attached hydrogens (tertiary/aromatic N) is 3. The Hall–Kier alpha value is -1.41. The molecule has 0 radical (unpaired) electrons. The Morgan fingerprint density at radius 1 is 1.56 bits per heavy atom. The minimum Gasteiger partial charge on any atom is -0.459 e. The van der Waals surface area contributed by atoms with Gasteiger partial charge in [0.1, 0.15) is 17.7 Å². The van der Waals surface area contributed by atoms with Gasteiger partial charge in [-0.25, -0.2) is 4.68 Å². The number of carbonyl (C=O) groups excluding carboxylic acids is 1. The number of hydrogen-bond donors (Lipinski definition) is 2. The van der Waals surface area contributed by atoms with Gasteiger partial charge in [-0.15, -0.1) is 5.10 Å². The Labute approximate surface area is 93.2 Å². The summed E-state index contributed by atoms with van der Waals surface area (Å²) in [6.45, 7) is 5.16. The first-order chi connectivity index (χ1) is 7.28. The third-order valence-electron chi connectivity index (χ3n) is 1.53. The fraction of sp³-hybridized carbons (Fsp3) is 0.625. The molecule has 0 atom stereocenters. The van der Waals surface area contributed by atoms with Crippen molar-refractivity contribution >= 4 is 18.7 Å². The highest BCUT2D eigenvalue weighted by molar-refractivity contribution is 6.57. The molecule has 0 saturated heterocycles. The second-order valence-electron chi connectivity index (χ2n) is 4.30. The second-order valence-corrected chi connectivity index (χ2v) is 4.30. The summed E-state index contributed by atoms with van der Waals surface area (Å²) < 4.78 is 6.24. The topological polar surface area (TPSA) is 97.5 Å². The van der Waals surface area contributed by atoms with E-state index >= 15 is 0 Å². The minimum absolute atomic E-state index is 0.0106. The van der Waals surface area contributed by atoms with E-state index in [9.17, 15) is 4.79 Å². The van der Waals surface area contributed by atoms with Gasteiger partial charge in [0, 0.05) is 6.20 Å². The molecule has 0 aliphatic rings. The molecule has 0 saturated carbocycles. The third-order valence-corrected chi connectivity index (χ3v) is 1.53. The monoisotopic (exact) mass is 227 g/mol. The maximum atomic E-state index is 11.4. The predicted molar refractivity (Wildman–Crippen MR) is 55.7 cm³/mol. The summed E-state index contributed by atoms with van der Waals surface area (Å²) in [4.78, 5) is 11.4. The first-order valence-electron chi connectivity index (χ1n) is 4.76. The van der Waals surface area contributed by atoms with E-state index in [1.54, 1.807) is 20.8 Å². The lowest BCUT2D eigenvalue weighted by atomic mass is 9.87. The molecule has 0 spiro atoms. The van der Waals surface area contributed by atoms with Crippen LogP contribution < -0.4 is 5.59 Å². The smallest absolute Gasteiger partial charge is 0.459 e. The molecule has 0 bridgehead atoms. The molecule has 1 heterocycles. The molecular formula is C8H14BN3O4. The standard InChI is InChI=1S/C8H14BN3O4/c1-8(2,3)16-7(13)5-12-4-6(9(14)15)10-11-12/h4,14-15H,5H2,1-3H3. The highest BCUT2D eigenvalue weighted by Gasteiger charge is 2.19. The van der Waals surface area contributed by atoms with Gasteiger partial charge < -0.3 is 14.8 Å². The summed E-state index contributed by atoms with van der Waals surface area (Å²) >= 11 is 0. The molecule has 88 valence electrons. The molecule has 0 unspecified atom stereocenters. The molecule has 0 aliphatic carbocycles. The SMILES string of the molecule is CC(C)(C)OC(=O)Cn1cc(B(O)O)nn1. The van der Waals surface area contributed by atoms with E-state index in [1.165, 1.54) is 10.9 Å². The summed E-state index contributed by atoms with van der Waals surface area (Å²) in [5, 5.41) is 24.6. The van der Waals surface area contributed by atoms with Gasteiger partial charge in [0.25, 0.3) is 0 Å². The normalized spacial score (nSPS) is 11.3. The van der Waals surface area contributed by atoms with E-state index in [0.717, 1.165) is 0 Å². The van der Waals surface area contributed by atoms with Gasteiger partial charge >= 0.3 is 13.1 Å². The lowest BCUT2D eigenvalue weighted by Gasteiger charge is -2.19. The fourth-order valence-electron chi connectivity index (χ4n) is 1.02.